The molecule has 1 atom stereocenters. The van der Waals surface area contributed by atoms with E-state index < -0.39 is 5.97 Å². The van der Waals surface area contributed by atoms with E-state index in [0.717, 1.165) is 19.3 Å². The van der Waals surface area contributed by atoms with Gasteiger partial charge in [-0.2, -0.15) is 0 Å². The van der Waals surface area contributed by atoms with Crippen molar-refractivity contribution in [3.05, 3.63) is 18.7 Å². The lowest BCUT2D eigenvalue weighted by molar-refractivity contribution is -0.138. The van der Waals surface area contributed by atoms with Gasteiger partial charge in [0, 0.05) is 38.1 Å². The number of carboxylic acids is 1. The number of amides is 2. The van der Waals surface area contributed by atoms with Gasteiger partial charge in [0.15, 0.2) is 0 Å². The van der Waals surface area contributed by atoms with Gasteiger partial charge in [-0.15, -0.1) is 0 Å². The average molecular weight is 280 g/mol. The molecule has 7 nitrogen and oxygen atoms in total. The Bertz CT molecular complexity index is 446. The summed E-state index contributed by atoms with van der Waals surface area (Å²) >= 11 is 0. The second-order valence-corrected chi connectivity index (χ2v) is 4.97. The van der Waals surface area contributed by atoms with Gasteiger partial charge in [0.1, 0.15) is 0 Å². The second kappa shape index (κ2) is 6.93. The fourth-order valence-corrected chi connectivity index (χ4v) is 2.49. The van der Waals surface area contributed by atoms with Gasteiger partial charge < -0.3 is 19.9 Å². The number of imidazole rings is 1. The van der Waals surface area contributed by atoms with Gasteiger partial charge in [-0.3, -0.25) is 4.79 Å². The lowest BCUT2D eigenvalue weighted by Gasteiger charge is -2.34. The van der Waals surface area contributed by atoms with Crippen LogP contribution in [0.2, 0.25) is 0 Å². The van der Waals surface area contributed by atoms with Crippen LogP contribution in [0.1, 0.15) is 25.7 Å². The maximum Gasteiger partial charge on any atom is 0.317 e. The fraction of sp³-hybridized carbons (Fsp3) is 0.615. The predicted molar refractivity (Wildman–Crippen MR) is 72.2 cm³/mol. The molecule has 2 N–H and O–H groups in total. The highest BCUT2D eigenvalue weighted by molar-refractivity contribution is 5.76. The van der Waals surface area contributed by atoms with Crippen LogP contribution in [0.25, 0.3) is 0 Å². The van der Waals surface area contributed by atoms with Crippen molar-refractivity contribution in [1.82, 2.24) is 19.8 Å². The van der Waals surface area contributed by atoms with Crippen molar-refractivity contribution in [3.8, 4) is 0 Å². The lowest BCUT2D eigenvalue weighted by Crippen LogP contribution is -2.49. The van der Waals surface area contributed by atoms with E-state index >= 15 is 0 Å². The van der Waals surface area contributed by atoms with Crippen molar-refractivity contribution in [2.45, 2.75) is 38.3 Å². The molecule has 0 aliphatic carbocycles. The van der Waals surface area contributed by atoms with E-state index in [9.17, 15) is 9.59 Å². The van der Waals surface area contributed by atoms with Crippen molar-refractivity contribution < 1.29 is 14.7 Å². The topological polar surface area (TPSA) is 87.5 Å². The van der Waals surface area contributed by atoms with E-state index in [2.05, 4.69) is 10.3 Å². The summed E-state index contributed by atoms with van der Waals surface area (Å²) in [6.45, 7) is 1.80. The van der Waals surface area contributed by atoms with Gasteiger partial charge in [-0.05, 0) is 19.3 Å². The van der Waals surface area contributed by atoms with Crippen LogP contribution < -0.4 is 5.32 Å². The van der Waals surface area contributed by atoms with E-state index in [1.54, 1.807) is 17.4 Å². The van der Waals surface area contributed by atoms with Gasteiger partial charge in [-0.25, -0.2) is 9.78 Å². The normalized spacial score (nSPS) is 18.8. The molecular weight excluding hydrogens is 260 g/mol. The van der Waals surface area contributed by atoms with E-state index in [4.69, 9.17) is 5.11 Å². The zero-order chi connectivity index (χ0) is 14.4. The van der Waals surface area contributed by atoms with Gasteiger partial charge >= 0.3 is 12.0 Å². The molecule has 2 heterocycles. The summed E-state index contributed by atoms with van der Waals surface area (Å²) < 4.78 is 1.88. The number of carbonyl (C=O) groups is 2. The third-order valence-electron chi connectivity index (χ3n) is 3.50. The third kappa shape index (κ3) is 3.97. The molecule has 1 aliphatic heterocycles. The Balaban J connectivity index is 1.81. The predicted octanol–water partition coefficient (Wildman–Crippen LogP) is 0.922. The minimum absolute atomic E-state index is 0.0228. The quantitative estimate of drug-likeness (QED) is 0.839. The van der Waals surface area contributed by atoms with E-state index in [1.807, 2.05) is 10.8 Å². The number of carbonyl (C=O) groups excluding carboxylic acids is 1. The summed E-state index contributed by atoms with van der Waals surface area (Å²) in [7, 11) is 0. The summed E-state index contributed by atoms with van der Waals surface area (Å²) in [6, 6.07) is -0.356. The average Bonchev–Trinajstić information content (AvgIpc) is 2.91. The summed E-state index contributed by atoms with van der Waals surface area (Å²) in [5, 5.41) is 11.7. The molecule has 1 aromatic rings. The number of hydrogen-bond acceptors (Lipinski definition) is 3. The Morgan fingerprint density at radius 1 is 1.40 bits per heavy atom. The van der Waals surface area contributed by atoms with E-state index in [-0.39, 0.29) is 18.5 Å². The van der Waals surface area contributed by atoms with E-state index in [1.165, 1.54) is 0 Å². The first-order valence-corrected chi connectivity index (χ1v) is 6.89. The van der Waals surface area contributed by atoms with Crippen LogP contribution in [0.5, 0.6) is 0 Å². The molecule has 2 amide bonds. The first-order chi connectivity index (χ1) is 9.66. The van der Waals surface area contributed by atoms with Crippen LogP contribution in [0.3, 0.4) is 0 Å². The molecule has 0 spiro atoms. The number of rotatable bonds is 5. The van der Waals surface area contributed by atoms with Crippen LogP contribution in [0.15, 0.2) is 18.7 Å². The van der Waals surface area contributed by atoms with Crippen LogP contribution in [0.4, 0.5) is 4.79 Å². The number of aromatic nitrogens is 2. The van der Waals surface area contributed by atoms with Crippen molar-refractivity contribution in [2.75, 3.05) is 13.1 Å². The molecule has 0 bridgehead atoms. The summed E-state index contributed by atoms with van der Waals surface area (Å²) in [6.07, 6.45) is 7.92. The van der Waals surface area contributed by atoms with Crippen LogP contribution in [-0.2, 0) is 11.3 Å². The first-order valence-electron chi connectivity index (χ1n) is 6.89. The Hall–Kier alpha value is -2.05. The Morgan fingerprint density at radius 2 is 2.25 bits per heavy atom. The highest BCUT2D eigenvalue weighted by Crippen LogP contribution is 2.19. The van der Waals surface area contributed by atoms with Crippen molar-refractivity contribution in [2.24, 2.45) is 0 Å². The van der Waals surface area contributed by atoms with Crippen molar-refractivity contribution >= 4 is 12.0 Å². The number of aliphatic carboxylic acids is 1. The lowest BCUT2D eigenvalue weighted by atomic mass is 10.00. The molecule has 110 valence electrons. The number of piperidine rings is 1. The van der Waals surface area contributed by atoms with E-state index in [0.29, 0.717) is 19.6 Å². The van der Waals surface area contributed by atoms with Gasteiger partial charge in [0.25, 0.3) is 0 Å². The van der Waals surface area contributed by atoms with Crippen LogP contribution in [0, 0.1) is 0 Å². The molecule has 0 saturated carbocycles. The molecule has 1 unspecified atom stereocenters. The molecular formula is C13H20N4O3. The molecule has 0 aromatic carbocycles. The first kappa shape index (κ1) is 14.4. The third-order valence-corrected chi connectivity index (χ3v) is 3.50. The zero-order valence-corrected chi connectivity index (χ0v) is 11.4. The van der Waals surface area contributed by atoms with Gasteiger partial charge in [0.2, 0.25) is 0 Å². The zero-order valence-electron chi connectivity index (χ0n) is 11.4. The number of urea groups is 1. The largest absolute Gasteiger partial charge is 0.481 e. The Kier molecular flexibility index (Phi) is 4.97. The molecule has 7 heteroatoms. The van der Waals surface area contributed by atoms with Crippen LogP contribution in [-0.4, -0.2) is 50.7 Å². The van der Waals surface area contributed by atoms with Crippen molar-refractivity contribution in [1.29, 1.82) is 0 Å². The molecule has 1 aromatic heterocycles. The highest BCUT2D eigenvalue weighted by atomic mass is 16.4. The van der Waals surface area contributed by atoms with Crippen LogP contribution >= 0.6 is 0 Å². The second-order valence-electron chi connectivity index (χ2n) is 4.97. The summed E-state index contributed by atoms with van der Waals surface area (Å²) in [5.74, 6) is -0.854. The maximum atomic E-state index is 12.1. The smallest absolute Gasteiger partial charge is 0.317 e. The molecule has 2 rings (SSSR count). The summed E-state index contributed by atoms with van der Waals surface area (Å²) in [5.41, 5.74) is 0. The fourth-order valence-electron chi connectivity index (χ4n) is 2.49. The number of nitrogens with zero attached hydrogens (tertiary/aromatic N) is 3. The summed E-state index contributed by atoms with van der Waals surface area (Å²) in [4.78, 5) is 28.5. The monoisotopic (exact) mass is 280 g/mol. The molecule has 1 aliphatic rings. The number of nitrogens with one attached hydrogen (secondary N) is 1. The number of hydrogen-bond donors (Lipinski definition) is 2. The maximum absolute atomic E-state index is 12.1. The minimum Gasteiger partial charge on any atom is -0.481 e. The molecule has 1 fully saturated rings. The Morgan fingerprint density at radius 3 is 2.95 bits per heavy atom. The molecule has 1 saturated heterocycles. The Labute approximate surface area is 117 Å². The van der Waals surface area contributed by atoms with Crippen molar-refractivity contribution in [3.63, 3.8) is 0 Å². The number of carboxylic acid groups (broad SMARTS) is 1. The molecule has 20 heavy (non-hydrogen) atoms. The standard InChI is InChI=1S/C13H20N4O3/c18-12(19)9-11-3-1-2-6-17(11)13(20)15-5-8-16-7-4-14-10-16/h4,7,10-11H,1-3,5-6,8-9H2,(H,15,20)(H,18,19). The SMILES string of the molecule is O=C(O)CC1CCCCN1C(=O)NCCn1ccnc1. The van der Waals surface area contributed by atoms with Gasteiger partial charge in [0.05, 0.1) is 12.7 Å². The number of likely N-dealkylation sites (tertiary alicyclic amines) is 1. The highest BCUT2D eigenvalue weighted by Gasteiger charge is 2.28. The minimum atomic E-state index is -0.854. The van der Waals surface area contributed by atoms with Gasteiger partial charge in [-0.1, -0.05) is 0 Å². The molecule has 0 radical (unpaired) electrons.